The molecule has 0 aliphatic carbocycles. The van der Waals surface area contributed by atoms with Crippen LogP contribution >= 0.6 is 24.0 Å². The van der Waals surface area contributed by atoms with E-state index in [9.17, 15) is 0 Å². The highest BCUT2D eigenvalue weighted by atomic mass is 127. The number of likely N-dealkylation sites (N-methyl/N-ethyl adjacent to an activating group) is 1. The first-order valence-corrected chi connectivity index (χ1v) is 11.3. The first-order valence-electron chi connectivity index (χ1n) is 11.3. The summed E-state index contributed by atoms with van der Waals surface area (Å²) in [6.45, 7) is 9.16. The Morgan fingerprint density at radius 2 is 1.88 bits per heavy atom. The number of nitrogens with one attached hydrogen (secondary N) is 1. The summed E-state index contributed by atoms with van der Waals surface area (Å²) in [6, 6.07) is 7.64. The van der Waals surface area contributed by atoms with Crippen LogP contribution in [0.25, 0.3) is 0 Å². The van der Waals surface area contributed by atoms with Crippen LogP contribution in [0.4, 0.5) is 0 Å². The predicted molar refractivity (Wildman–Crippen MR) is 142 cm³/mol. The molecule has 1 aromatic carbocycles. The molecular formula is C24H38IN5O3. The topological polar surface area (TPSA) is 75.4 Å². The van der Waals surface area contributed by atoms with Gasteiger partial charge in [0.05, 0.1) is 25.9 Å². The van der Waals surface area contributed by atoms with Gasteiger partial charge in [-0.1, -0.05) is 0 Å². The lowest BCUT2D eigenvalue weighted by atomic mass is 9.97. The summed E-state index contributed by atoms with van der Waals surface area (Å²) in [7, 11) is 5.52. The molecule has 3 rings (SSSR count). The van der Waals surface area contributed by atoms with Crippen molar-refractivity contribution in [3.8, 4) is 11.5 Å². The second kappa shape index (κ2) is 13.6. The van der Waals surface area contributed by atoms with Crippen LogP contribution in [0.1, 0.15) is 30.2 Å². The molecule has 1 fully saturated rings. The van der Waals surface area contributed by atoms with Crippen LogP contribution in [-0.4, -0.2) is 74.7 Å². The molecule has 9 heteroatoms. The fourth-order valence-corrected chi connectivity index (χ4v) is 3.85. The molecule has 2 heterocycles. The number of ether oxygens (including phenoxy) is 2. The number of methoxy groups -OCH3 is 1. The predicted octanol–water partition coefficient (Wildman–Crippen LogP) is 3.72. The smallest absolute Gasteiger partial charge is 0.208 e. The van der Waals surface area contributed by atoms with E-state index in [-0.39, 0.29) is 24.0 Å². The fourth-order valence-electron chi connectivity index (χ4n) is 3.85. The first-order chi connectivity index (χ1) is 15.5. The molecule has 184 valence electrons. The lowest BCUT2D eigenvalue weighted by molar-refractivity contribution is 0.163. The van der Waals surface area contributed by atoms with Crippen molar-refractivity contribution in [1.82, 2.24) is 20.1 Å². The highest BCUT2D eigenvalue weighted by molar-refractivity contribution is 14.0. The van der Waals surface area contributed by atoms with Gasteiger partial charge in [-0.2, -0.15) is 0 Å². The maximum Gasteiger partial charge on any atom is 0.208 e. The first kappa shape index (κ1) is 27.2. The number of piperidine rings is 1. The van der Waals surface area contributed by atoms with Gasteiger partial charge in [0.25, 0.3) is 0 Å². The monoisotopic (exact) mass is 571 g/mol. The minimum atomic E-state index is 0. The van der Waals surface area contributed by atoms with Crippen molar-refractivity contribution < 1.29 is 13.9 Å². The lowest BCUT2D eigenvalue weighted by Crippen LogP contribution is -2.44. The summed E-state index contributed by atoms with van der Waals surface area (Å²) in [5.74, 6) is 4.95. The zero-order valence-corrected chi connectivity index (χ0v) is 22.8. The van der Waals surface area contributed by atoms with E-state index in [4.69, 9.17) is 13.9 Å². The van der Waals surface area contributed by atoms with E-state index in [2.05, 4.69) is 25.1 Å². The number of rotatable bonds is 9. The zero-order chi connectivity index (χ0) is 22.9. The molecule has 0 radical (unpaired) electrons. The number of hydrogen-bond acceptors (Lipinski definition) is 6. The number of aromatic nitrogens is 1. The molecule has 1 N–H and O–H groups in total. The molecule has 1 aliphatic rings. The minimum Gasteiger partial charge on any atom is -0.497 e. The molecule has 8 nitrogen and oxygen atoms in total. The maximum atomic E-state index is 5.84. The van der Waals surface area contributed by atoms with E-state index in [0.717, 1.165) is 80.4 Å². The summed E-state index contributed by atoms with van der Waals surface area (Å²) >= 11 is 0. The Morgan fingerprint density at radius 3 is 2.45 bits per heavy atom. The van der Waals surface area contributed by atoms with Gasteiger partial charge in [0.1, 0.15) is 23.9 Å². The summed E-state index contributed by atoms with van der Waals surface area (Å²) < 4.78 is 16.7. The average molecular weight is 572 g/mol. The van der Waals surface area contributed by atoms with Crippen LogP contribution < -0.4 is 14.8 Å². The number of halogens is 1. The molecule has 0 saturated carbocycles. The number of hydrogen-bond donors (Lipinski definition) is 1. The number of likely N-dealkylation sites (tertiary alicyclic amines) is 1. The molecule has 0 amide bonds. The van der Waals surface area contributed by atoms with E-state index in [1.54, 1.807) is 7.11 Å². The quantitative estimate of drug-likeness (QED) is 0.280. The number of aliphatic imine (C=N–C) groups is 1. The molecule has 0 bridgehead atoms. The van der Waals surface area contributed by atoms with E-state index >= 15 is 0 Å². The van der Waals surface area contributed by atoms with Crippen molar-refractivity contribution in [2.45, 2.75) is 33.2 Å². The third-order valence-electron chi connectivity index (χ3n) is 6.02. The normalized spacial score (nSPS) is 15.1. The van der Waals surface area contributed by atoms with Crippen LogP contribution in [0, 0.1) is 19.8 Å². The number of aryl methyl sites for hydroxylation is 2. The molecule has 0 atom stereocenters. The number of oxazole rings is 1. The Morgan fingerprint density at radius 1 is 1.21 bits per heavy atom. The van der Waals surface area contributed by atoms with Gasteiger partial charge in [-0.05, 0) is 70.0 Å². The minimum absolute atomic E-state index is 0. The second-order valence-corrected chi connectivity index (χ2v) is 8.34. The van der Waals surface area contributed by atoms with Gasteiger partial charge in [-0.15, -0.1) is 24.0 Å². The van der Waals surface area contributed by atoms with Crippen molar-refractivity contribution in [1.29, 1.82) is 0 Å². The summed E-state index contributed by atoms with van der Waals surface area (Å²) in [5.41, 5.74) is 0.990. The Hall–Kier alpha value is -2.01. The summed E-state index contributed by atoms with van der Waals surface area (Å²) in [4.78, 5) is 13.5. The third-order valence-corrected chi connectivity index (χ3v) is 6.02. The van der Waals surface area contributed by atoms with Crippen molar-refractivity contribution in [2.24, 2.45) is 10.9 Å². The van der Waals surface area contributed by atoms with Crippen molar-refractivity contribution in [3.05, 3.63) is 41.6 Å². The number of guanidine groups is 1. The number of benzene rings is 1. The summed E-state index contributed by atoms with van der Waals surface area (Å²) in [6.07, 6.45) is 2.32. The van der Waals surface area contributed by atoms with Gasteiger partial charge in [0.2, 0.25) is 5.89 Å². The van der Waals surface area contributed by atoms with Gasteiger partial charge in [-0.3, -0.25) is 9.89 Å². The van der Waals surface area contributed by atoms with E-state index in [0.29, 0.717) is 12.5 Å². The van der Waals surface area contributed by atoms with Gasteiger partial charge in [-0.25, -0.2) is 4.98 Å². The highest BCUT2D eigenvalue weighted by Crippen LogP contribution is 2.19. The van der Waals surface area contributed by atoms with Gasteiger partial charge >= 0.3 is 0 Å². The SMILES string of the molecule is CN=C(NCC1CCN(Cc2nc(C)c(C)o2)CC1)N(C)CCOc1ccc(OC)cc1.I. The van der Waals surface area contributed by atoms with E-state index in [1.807, 2.05) is 52.2 Å². The van der Waals surface area contributed by atoms with Crippen LogP contribution in [0.5, 0.6) is 11.5 Å². The third kappa shape index (κ3) is 8.37. The van der Waals surface area contributed by atoms with Crippen LogP contribution in [-0.2, 0) is 6.54 Å². The highest BCUT2D eigenvalue weighted by Gasteiger charge is 2.21. The van der Waals surface area contributed by atoms with E-state index < -0.39 is 0 Å². The maximum absolute atomic E-state index is 5.84. The Kier molecular flexibility index (Phi) is 11.3. The Balaban J connectivity index is 0.00000385. The van der Waals surface area contributed by atoms with E-state index in [1.165, 1.54) is 0 Å². The van der Waals surface area contributed by atoms with Crippen LogP contribution in [0.2, 0.25) is 0 Å². The van der Waals surface area contributed by atoms with Gasteiger partial charge < -0.3 is 24.1 Å². The van der Waals surface area contributed by atoms with Crippen LogP contribution in [0.3, 0.4) is 0 Å². The van der Waals surface area contributed by atoms with Crippen molar-refractivity contribution in [3.63, 3.8) is 0 Å². The van der Waals surface area contributed by atoms with Crippen LogP contribution in [0.15, 0.2) is 33.7 Å². The number of nitrogens with zero attached hydrogens (tertiary/aromatic N) is 4. The van der Waals surface area contributed by atoms with Crippen molar-refractivity contribution in [2.75, 3.05) is 54.0 Å². The Bertz CT molecular complexity index is 844. The van der Waals surface area contributed by atoms with Crippen molar-refractivity contribution >= 4 is 29.9 Å². The van der Waals surface area contributed by atoms with Gasteiger partial charge in [0.15, 0.2) is 5.96 Å². The average Bonchev–Trinajstić information content (AvgIpc) is 3.12. The zero-order valence-electron chi connectivity index (χ0n) is 20.5. The second-order valence-electron chi connectivity index (χ2n) is 8.34. The standard InChI is InChI=1S/C24H37N5O3.HI/c1-18-19(2)32-23(27-18)17-29-12-10-20(11-13-29)16-26-24(25-3)28(4)14-15-31-22-8-6-21(30-5)7-9-22;/h6-9,20H,10-17H2,1-5H3,(H,25,26);1H. The van der Waals surface area contributed by atoms with Gasteiger partial charge in [0, 0.05) is 20.6 Å². The molecule has 0 spiro atoms. The lowest BCUT2D eigenvalue weighted by Gasteiger charge is -2.32. The Labute approximate surface area is 214 Å². The fraction of sp³-hybridized carbons (Fsp3) is 0.583. The molecular weight excluding hydrogens is 533 g/mol. The molecule has 1 saturated heterocycles. The molecule has 0 unspecified atom stereocenters. The molecule has 33 heavy (non-hydrogen) atoms. The largest absolute Gasteiger partial charge is 0.497 e. The molecule has 1 aliphatic heterocycles. The summed E-state index contributed by atoms with van der Waals surface area (Å²) in [5, 5.41) is 3.53. The molecule has 2 aromatic rings. The molecule has 1 aromatic heterocycles.